The van der Waals surface area contributed by atoms with Gasteiger partial charge >= 0.3 is 0 Å². The summed E-state index contributed by atoms with van der Waals surface area (Å²) < 4.78 is 2.23. The van der Waals surface area contributed by atoms with E-state index in [1.807, 2.05) is 0 Å². The number of aliphatic hydroxyl groups excluding tert-OH is 1. The van der Waals surface area contributed by atoms with Gasteiger partial charge in [-0.15, -0.1) is 0 Å². The molecule has 1 N–H and O–H groups in total. The molecule has 0 amide bonds. The Morgan fingerprint density at radius 1 is 1.25 bits per heavy atom. The summed E-state index contributed by atoms with van der Waals surface area (Å²) in [6.45, 7) is 2.13. The van der Waals surface area contributed by atoms with Gasteiger partial charge in [-0.1, -0.05) is 6.07 Å². The molecule has 2 aromatic rings. The second-order valence-corrected chi connectivity index (χ2v) is 5.86. The number of anilines is 1. The molecule has 1 aliphatic carbocycles. The molecule has 0 spiro atoms. The molecule has 3 heteroatoms. The molecular weight excluding hydrogens is 248 g/mol. The van der Waals surface area contributed by atoms with Crippen molar-refractivity contribution in [2.45, 2.75) is 32.3 Å². The van der Waals surface area contributed by atoms with Crippen LogP contribution in [-0.2, 0) is 6.42 Å². The van der Waals surface area contributed by atoms with Crippen molar-refractivity contribution in [2.75, 3.05) is 19.0 Å². The monoisotopic (exact) mass is 270 g/mol. The zero-order valence-corrected chi connectivity index (χ0v) is 12.4. The molecule has 0 saturated carbocycles. The number of rotatable bonds is 2. The molecule has 1 atom stereocenters. The second-order valence-electron chi connectivity index (χ2n) is 5.86. The number of hydrogen-bond donors (Lipinski definition) is 1. The molecule has 1 heterocycles. The average molecular weight is 270 g/mol. The largest absolute Gasteiger partial charge is 0.388 e. The van der Waals surface area contributed by atoms with Gasteiger partial charge in [0.15, 0.2) is 0 Å². The Morgan fingerprint density at radius 3 is 2.80 bits per heavy atom. The van der Waals surface area contributed by atoms with E-state index >= 15 is 0 Å². The van der Waals surface area contributed by atoms with Crippen molar-refractivity contribution in [2.24, 2.45) is 0 Å². The molecule has 0 saturated heterocycles. The van der Waals surface area contributed by atoms with E-state index in [9.17, 15) is 5.11 Å². The van der Waals surface area contributed by atoms with Crippen molar-refractivity contribution in [3.05, 3.63) is 47.3 Å². The minimum Gasteiger partial charge on any atom is -0.388 e. The van der Waals surface area contributed by atoms with E-state index in [4.69, 9.17) is 0 Å². The maximum Gasteiger partial charge on any atom is 0.0807 e. The van der Waals surface area contributed by atoms with E-state index in [0.29, 0.717) is 0 Å². The predicted molar refractivity (Wildman–Crippen MR) is 82.7 cm³/mol. The first-order valence-electron chi connectivity index (χ1n) is 7.24. The van der Waals surface area contributed by atoms with Crippen LogP contribution in [0.1, 0.15) is 35.8 Å². The lowest BCUT2D eigenvalue weighted by Gasteiger charge is -2.22. The van der Waals surface area contributed by atoms with Gasteiger partial charge in [0, 0.05) is 42.9 Å². The van der Waals surface area contributed by atoms with Crippen molar-refractivity contribution in [3.63, 3.8) is 0 Å². The summed E-state index contributed by atoms with van der Waals surface area (Å²) in [4.78, 5) is 2.14. The lowest BCUT2D eigenvalue weighted by molar-refractivity contribution is 0.156. The molecule has 3 nitrogen and oxygen atoms in total. The quantitative estimate of drug-likeness (QED) is 0.907. The first kappa shape index (κ1) is 13.3. The van der Waals surface area contributed by atoms with Gasteiger partial charge in [-0.05, 0) is 49.9 Å². The van der Waals surface area contributed by atoms with Crippen LogP contribution < -0.4 is 4.90 Å². The third-order valence-corrected chi connectivity index (χ3v) is 4.23. The summed E-state index contributed by atoms with van der Waals surface area (Å²) in [5, 5.41) is 10.1. The Balaban J connectivity index is 2.08. The number of fused-ring (bicyclic) bond motifs is 1. The smallest absolute Gasteiger partial charge is 0.0807 e. The number of benzene rings is 1. The molecule has 1 aromatic heterocycles. The van der Waals surface area contributed by atoms with Crippen molar-refractivity contribution in [3.8, 4) is 5.69 Å². The molecule has 0 bridgehead atoms. The fraction of sp³-hybridized carbons (Fsp3) is 0.412. The molecule has 106 valence electrons. The number of nitrogens with zero attached hydrogens (tertiary/aromatic N) is 2. The third kappa shape index (κ3) is 2.12. The maximum absolute atomic E-state index is 10.1. The first-order chi connectivity index (χ1) is 9.58. The molecule has 20 heavy (non-hydrogen) atoms. The van der Waals surface area contributed by atoms with E-state index < -0.39 is 0 Å². The highest BCUT2D eigenvalue weighted by atomic mass is 16.3. The first-order valence-corrected chi connectivity index (χ1v) is 7.24. The van der Waals surface area contributed by atoms with Gasteiger partial charge in [-0.25, -0.2) is 0 Å². The highest BCUT2D eigenvalue weighted by Gasteiger charge is 2.21. The van der Waals surface area contributed by atoms with Crippen molar-refractivity contribution < 1.29 is 5.11 Å². The van der Waals surface area contributed by atoms with Crippen LogP contribution in [-0.4, -0.2) is 23.8 Å². The summed E-state index contributed by atoms with van der Waals surface area (Å²) in [5.74, 6) is 0. The fourth-order valence-corrected chi connectivity index (χ4v) is 3.14. The van der Waals surface area contributed by atoms with E-state index in [-0.39, 0.29) is 6.10 Å². The van der Waals surface area contributed by atoms with Crippen molar-refractivity contribution in [1.29, 1.82) is 0 Å². The lowest BCUT2D eigenvalue weighted by Crippen LogP contribution is -2.13. The highest BCUT2D eigenvalue weighted by Crippen LogP contribution is 2.33. The fourth-order valence-electron chi connectivity index (χ4n) is 3.14. The summed E-state index contributed by atoms with van der Waals surface area (Å²) in [6, 6.07) is 8.60. The number of aryl methyl sites for hydroxylation is 1. The standard InChI is InChI=1S/C17H22N2O/c1-12-7-8-13(11-16(12)18(2)3)19-10-9-14-15(19)5-4-6-17(14)20/h7-11,17,20H,4-6H2,1-3H3. The van der Waals surface area contributed by atoms with Gasteiger partial charge in [-0.3, -0.25) is 0 Å². The van der Waals surface area contributed by atoms with Gasteiger partial charge in [0.05, 0.1) is 6.10 Å². The van der Waals surface area contributed by atoms with E-state index in [1.165, 1.54) is 22.6 Å². The number of aliphatic hydroxyl groups is 1. The number of hydrogen-bond acceptors (Lipinski definition) is 2. The Bertz CT molecular complexity index is 628. The minimum absolute atomic E-state index is 0.293. The zero-order valence-electron chi connectivity index (χ0n) is 12.4. The maximum atomic E-state index is 10.1. The summed E-state index contributed by atoms with van der Waals surface area (Å²) in [5.41, 5.74) is 6.05. The molecular formula is C17H22N2O. The predicted octanol–water partition coefficient (Wildman–Crippen LogP) is 3.22. The average Bonchev–Trinajstić information content (AvgIpc) is 2.84. The van der Waals surface area contributed by atoms with Crippen LogP contribution in [0.5, 0.6) is 0 Å². The Hall–Kier alpha value is -1.74. The number of aromatic nitrogens is 1. The Kier molecular flexibility index (Phi) is 3.30. The SMILES string of the molecule is Cc1ccc(-n2ccc3c2CCCC3O)cc1N(C)C. The normalized spacial score (nSPS) is 17.9. The second kappa shape index (κ2) is 4.98. The van der Waals surface area contributed by atoms with Crippen LogP contribution in [0.4, 0.5) is 5.69 Å². The molecule has 1 aromatic carbocycles. The lowest BCUT2D eigenvalue weighted by atomic mass is 9.95. The molecule has 1 aliphatic rings. The summed E-state index contributed by atoms with van der Waals surface area (Å²) >= 11 is 0. The minimum atomic E-state index is -0.293. The van der Waals surface area contributed by atoms with E-state index in [1.54, 1.807) is 0 Å². The molecule has 0 radical (unpaired) electrons. The zero-order chi connectivity index (χ0) is 14.3. The van der Waals surface area contributed by atoms with E-state index in [0.717, 1.165) is 24.8 Å². The van der Waals surface area contributed by atoms with Crippen molar-refractivity contribution in [1.82, 2.24) is 4.57 Å². The molecule has 0 aliphatic heterocycles. The van der Waals surface area contributed by atoms with Gasteiger partial charge in [0.1, 0.15) is 0 Å². The summed E-state index contributed by atoms with van der Waals surface area (Å²) in [7, 11) is 4.14. The highest BCUT2D eigenvalue weighted by molar-refractivity contribution is 5.58. The topological polar surface area (TPSA) is 28.4 Å². The summed E-state index contributed by atoms with van der Waals surface area (Å²) in [6.07, 6.45) is 4.78. The van der Waals surface area contributed by atoms with Gasteiger partial charge in [0.2, 0.25) is 0 Å². The third-order valence-electron chi connectivity index (χ3n) is 4.23. The van der Waals surface area contributed by atoms with Crippen LogP contribution in [0, 0.1) is 6.92 Å². The van der Waals surface area contributed by atoms with Crippen LogP contribution in [0.2, 0.25) is 0 Å². The van der Waals surface area contributed by atoms with Crippen LogP contribution >= 0.6 is 0 Å². The van der Waals surface area contributed by atoms with Crippen LogP contribution in [0.15, 0.2) is 30.5 Å². The molecule has 1 unspecified atom stereocenters. The van der Waals surface area contributed by atoms with E-state index in [2.05, 4.69) is 60.9 Å². The van der Waals surface area contributed by atoms with Gasteiger partial charge in [-0.2, -0.15) is 0 Å². The van der Waals surface area contributed by atoms with Crippen LogP contribution in [0.25, 0.3) is 5.69 Å². The Labute approximate surface area is 120 Å². The molecule has 0 fully saturated rings. The van der Waals surface area contributed by atoms with Gasteiger partial charge < -0.3 is 14.6 Å². The van der Waals surface area contributed by atoms with Gasteiger partial charge in [0.25, 0.3) is 0 Å². The van der Waals surface area contributed by atoms with Crippen LogP contribution in [0.3, 0.4) is 0 Å². The Morgan fingerprint density at radius 2 is 2.05 bits per heavy atom. The van der Waals surface area contributed by atoms with Crippen molar-refractivity contribution >= 4 is 5.69 Å². The molecule has 3 rings (SSSR count).